The van der Waals surface area contributed by atoms with Crippen molar-refractivity contribution in [2.75, 3.05) is 25.1 Å². The molecule has 4 rings (SSSR count). The average Bonchev–Trinajstić information content (AvgIpc) is 2.75. The lowest BCUT2D eigenvalue weighted by Gasteiger charge is -2.36. The van der Waals surface area contributed by atoms with E-state index in [0.29, 0.717) is 18.2 Å². The van der Waals surface area contributed by atoms with Gasteiger partial charge in [0, 0.05) is 36.6 Å². The van der Waals surface area contributed by atoms with E-state index >= 15 is 0 Å². The van der Waals surface area contributed by atoms with Crippen molar-refractivity contribution >= 4 is 17.9 Å². The summed E-state index contributed by atoms with van der Waals surface area (Å²) in [5.74, 6) is -1.34. The summed E-state index contributed by atoms with van der Waals surface area (Å²) >= 11 is 0. The van der Waals surface area contributed by atoms with Crippen LogP contribution < -0.4 is 5.32 Å². The van der Waals surface area contributed by atoms with Crippen LogP contribution in [0.3, 0.4) is 0 Å². The monoisotopic (exact) mass is 434 g/mol. The second-order valence-electron chi connectivity index (χ2n) is 7.32. The van der Waals surface area contributed by atoms with Crippen LogP contribution in [0, 0.1) is 11.6 Å². The van der Waals surface area contributed by atoms with Gasteiger partial charge in [-0.2, -0.15) is 0 Å². The second-order valence-corrected chi connectivity index (χ2v) is 7.32. The predicted octanol–water partition coefficient (Wildman–Crippen LogP) is 3.69. The molecule has 10 heteroatoms. The van der Waals surface area contributed by atoms with Crippen molar-refractivity contribution in [3.8, 4) is 11.1 Å². The molecule has 0 bridgehead atoms. The molecule has 0 spiro atoms. The summed E-state index contributed by atoms with van der Waals surface area (Å²) in [5.41, 5.74) is 0.652. The lowest BCUT2D eigenvalue weighted by Crippen LogP contribution is -2.48. The van der Waals surface area contributed by atoms with Crippen molar-refractivity contribution in [2.45, 2.75) is 38.1 Å². The van der Waals surface area contributed by atoms with E-state index in [1.54, 1.807) is 0 Å². The third-order valence-corrected chi connectivity index (χ3v) is 5.10. The van der Waals surface area contributed by atoms with E-state index in [9.17, 15) is 18.4 Å². The van der Waals surface area contributed by atoms with Crippen LogP contribution in [0.1, 0.15) is 32.1 Å². The minimum Gasteiger partial charge on any atom is -0.465 e. The van der Waals surface area contributed by atoms with Crippen LogP contribution in [0.2, 0.25) is 0 Å². The van der Waals surface area contributed by atoms with E-state index in [4.69, 9.17) is 9.84 Å². The van der Waals surface area contributed by atoms with E-state index in [1.807, 2.05) is 10.2 Å². The third-order valence-electron chi connectivity index (χ3n) is 5.10. The molecule has 0 unspecified atom stereocenters. The largest absolute Gasteiger partial charge is 0.465 e. The molecule has 2 aromatic rings. The molecule has 8 nitrogen and oxygen atoms in total. The smallest absolute Gasteiger partial charge is 0.411 e. The normalized spacial score (nSPS) is 17.0. The average molecular weight is 434 g/mol. The highest BCUT2D eigenvalue weighted by Crippen LogP contribution is 2.23. The van der Waals surface area contributed by atoms with Crippen molar-refractivity contribution in [2.24, 2.45) is 0 Å². The molecule has 2 fully saturated rings. The maximum absolute atomic E-state index is 13.0. The van der Waals surface area contributed by atoms with E-state index in [1.165, 1.54) is 44.5 Å². The molecule has 2 N–H and O–H groups in total. The zero-order valence-electron chi connectivity index (χ0n) is 16.9. The summed E-state index contributed by atoms with van der Waals surface area (Å²) in [6.07, 6.45) is 7.57. The SMILES string of the molecule is O=C(O)Nc1ncc(-c2cc(F)cc(F)c2)cn1.O=C1COCCN1C1CCCCC1. The Labute approximate surface area is 178 Å². The van der Waals surface area contributed by atoms with Crippen LogP contribution in [0.5, 0.6) is 0 Å². The van der Waals surface area contributed by atoms with Crippen molar-refractivity contribution in [3.05, 3.63) is 42.2 Å². The number of carbonyl (C=O) groups is 2. The number of ether oxygens (including phenoxy) is 1. The summed E-state index contributed by atoms with van der Waals surface area (Å²) in [4.78, 5) is 31.3. The number of nitrogens with one attached hydrogen (secondary N) is 1. The highest BCUT2D eigenvalue weighted by Gasteiger charge is 2.27. The fourth-order valence-electron chi connectivity index (χ4n) is 3.67. The highest BCUT2D eigenvalue weighted by molar-refractivity contribution is 5.80. The number of benzene rings is 1. The van der Waals surface area contributed by atoms with Gasteiger partial charge in [0.15, 0.2) is 0 Å². The molecule has 166 valence electrons. The summed E-state index contributed by atoms with van der Waals surface area (Å²) in [6, 6.07) is 3.54. The number of amides is 2. The molecule has 0 radical (unpaired) electrons. The molecule has 1 saturated carbocycles. The van der Waals surface area contributed by atoms with Crippen molar-refractivity contribution < 1.29 is 28.2 Å². The van der Waals surface area contributed by atoms with Gasteiger partial charge in [-0.25, -0.2) is 23.5 Å². The van der Waals surface area contributed by atoms with Gasteiger partial charge in [-0.05, 0) is 30.5 Å². The van der Waals surface area contributed by atoms with Gasteiger partial charge in [0.05, 0.1) is 6.61 Å². The zero-order chi connectivity index (χ0) is 22.2. The summed E-state index contributed by atoms with van der Waals surface area (Å²) in [6.45, 7) is 1.84. The Morgan fingerprint density at radius 1 is 1.06 bits per heavy atom. The lowest BCUT2D eigenvalue weighted by atomic mass is 9.94. The van der Waals surface area contributed by atoms with Crippen molar-refractivity contribution in [3.63, 3.8) is 0 Å². The van der Waals surface area contributed by atoms with Gasteiger partial charge in [0.25, 0.3) is 0 Å². The summed E-state index contributed by atoms with van der Waals surface area (Å²) < 4.78 is 31.1. The number of hydrogen-bond donors (Lipinski definition) is 2. The number of hydrogen-bond acceptors (Lipinski definition) is 5. The minimum atomic E-state index is -1.29. The van der Waals surface area contributed by atoms with Crippen molar-refractivity contribution in [1.82, 2.24) is 14.9 Å². The Kier molecular flexibility index (Phi) is 7.82. The first-order valence-electron chi connectivity index (χ1n) is 10.1. The maximum Gasteiger partial charge on any atom is 0.411 e. The standard InChI is InChI=1S/C11H7F2N3O2.C10H17NO2/c12-8-1-6(2-9(13)3-8)7-4-14-10(15-5-7)16-11(17)18;12-10-8-13-7-6-11(10)9-4-2-1-3-5-9/h1-5H,(H,17,18)(H,14,15,16);9H,1-8H2. The molecule has 1 aliphatic carbocycles. The quantitative estimate of drug-likeness (QED) is 0.764. The molecule has 1 aliphatic heterocycles. The summed E-state index contributed by atoms with van der Waals surface area (Å²) in [7, 11) is 0. The molecule has 2 heterocycles. The van der Waals surface area contributed by atoms with Crippen LogP contribution in [-0.4, -0.2) is 57.8 Å². The van der Waals surface area contributed by atoms with Crippen LogP contribution in [0.15, 0.2) is 30.6 Å². The zero-order valence-corrected chi connectivity index (χ0v) is 16.9. The number of carboxylic acid groups (broad SMARTS) is 1. The van der Waals surface area contributed by atoms with Crippen LogP contribution in [0.4, 0.5) is 19.5 Å². The first-order valence-corrected chi connectivity index (χ1v) is 10.1. The molecule has 1 aromatic carbocycles. The number of aromatic nitrogens is 2. The first-order chi connectivity index (χ1) is 14.9. The van der Waals surface area contributed by atoms with E-state index in [2.05, 4.69) is 9.97 Å². The van der Waals surface area contributed by atoms with Gasteiger partial charge >= 0.3 is 6.09 Å². The Morgan fingerprint density at radius 2 is 1.71 bits per heavy atom. The number of carbonyl (C=O) groups excluding carboxylic acids is 1. The number of morpholine rings is 1. The summed E-state index contributed by atoms with van der Waals surface area (Å²) in [5, 5.41) is 10.4. The Hall–Kier alpha value is -3.14. The molecule has 1 saturated heterocycles. The van der Waals surface area contributed by atoms with E-state index < -0.39 is 17.7 Å². The Bertz CT molecular complexity index is 885. The fourth-order valence-corrected chi connectivity index (χ4v) is 3.67. The molecule has 31 heavy (non-hydrogen) atoms. The van der Waals surface area contributed by atoms with Gasteiger partial charge < -0.3 is 14.7 Å². The molecule has 1 aromatic heterocycles. The maximum atomic E-state index is 13.0. The number of anilines is 1. The number of nitrogens with zero attached hydrogens (tertiary/aromatic N) is 3. The Balaban J connectivity index is 0.000000185. The van der Waals surface area contributed by atoms with Gasteiger partial charge in [0.2, 0.25) is 11.9 Å². The molecule has 2 aliphatic rings. The van der Waals surface area contributed by atoms with Crippen LogP contribution in [-0.2, 0) is 9.53 Å². The number of halogens is 2. The highest BCUT2D eigenvalue weighted by atomic mass is 19.1. The number of rotatable bonds is 3. The van der Waals surface area contributed by atoms with E-state index in [0.717, 1.165) is 31.4 Å². The van der Waals surface area contributed by atoms with Crippen LogP contribution >= 0.6 is 0 Å². The molecular formula is C21H24F2N4O4. The van der Waals surface area contributed by atoms with Gasteiger partial charge in [-0.1, -0.05) is 19.3 Å². The lowest BCUT2D eigenvalue weighted by molar-refractivity contribution is -0.146. The van der Waals surface area contributed by atoms with Gasteiger partial charge in [0.1, 0.15) is 18.2 Å². The molecule has 0 atom stereocenters. The minimum absolute atomic E-state index is 0.108. The fraction of sp³-hybridized carbons (Fsp3) is 0.429. The first kappa shape index (κ1) is 22.5. The van der Waals surface area contributed by atoms with E-state index in [-0.39, 0.29) is 17.4 Å². The topological polar surface area (TPSA) is 105 Å². The predicted molar refractivity (Wildman–Crippen MR) is 108 cm³/mol. The second kappa shape index (κ2) is 10.8. The third kappa shape index (κ3) is 6.68. The molecule has 2 amide bonds. The van der Waals surface area contributed by atoms with Gasteiger partial charge in [-0.15, -0.1) is 0 Å². The Morgan fingerprint density at radius 3 is 2.29 bits per heavy atom. The van der Waals surface area contributed by atoms with Crippen LogP contribution in [0.25, 0.3) is 11.1 Å². The van der Waals surface area contributed by atoms with Crippen molar-refractivity contribution in [1.29, 1.82) is 0 Å². The van der Waals surface area contributed by atoms with Gasteiger partial charge in [-0.3, -0.25) is 10.1 Å². The molecular weight excluding hydrogens is 410 g/mol.